The zero-order valence-electron chi connectivity index (χ0n) is 12.8. The van der Waals surface area contributed by atoms with E-state index in [1.54, 1.807) is 24.5 Å². The van der Waals surface area contributed by atoms with Crippen molar-refractivity contribution in [3.8, 4) is 5.75 Å². The second kappa shape index (κ2) is 7.92. The maximum atomic E-state index is 12.4. The normalized spacial score (nSPS) is 17.1. The lowest BCUT2D eigenvalue weighted by Gasteiger charge is -2.34. The Bertz CT molecular complexity index is 629. The van der Waals surface area contributed by atoms with Crippen LogP contribution < -0.4 is 10.1 Å². The molecule has 1 aromatic heterocycles. The van der Waals surface area contributed by atoms with Crippen LogP contribution in [0.2, 0.25) is 0 Å². The zero-order valence-corrected chi connectivity index (χ0v) is 13.6. The minimum atomic E-state index is -4.70. The molecule has 0 saturated carbocycles. The van der Waals surface area contributed by atoms with Crippen LogP contribution in [0.25, 0.3) is 0 Å². The molecule has 0 bridgehead atoms. The average molecular weight is 363 g/mol. The molecule has 132 valence electrons. The summed E-state index contributed by atoms with van der Waals surface area (Å²) >= 11 is 0. The summed E-state index contributed by atoms with van der Waals surface area (Å²) in [6.07, 6.45) is -3.13. The molecule has 2 heterocycles. The highest BCUT2D eigenvalue weighted by molar-refractivity contribution is 5.85. The molecule has 24 heavy (non-hydrogen) atoms. The molecule has 4 nitrogen and oxygen atoms in total. The topological polar surface area (TPSA) is 37.6 Å². The molecule has 0 unspecified atom stereocenters. The molecule has 0 aliphatic carbocycles. The molecule has 1 atom stereocenters. The molecule has 8 heteroatoms. The number of rotatable bonds is 4. The Balaban J connectivity index is 0.00000208. The van der Waals surface area contributed by atoms with Gasteiger partial charge in [0.1, 0.15) is 11.5 Å². The van der Waals surface area contributed by atoms with Crippen molar-refractivity contribution >= 4 is 12.4 Å². The van der Waals surface area contributed by atoms with Gasteiger partial charge in [-0.3, -0.25) is 4.90 Å². The van der Waals surface area contributed by atoms with Gasteiger partial charge < -0.3 is 14.5 Å². The molecule has 0 radical (unpaired) electrons. The highest BCUT2D eigenvalue weighted by atomic mass is 35.5. The molecule has 1 aromatic carbocycles. The van der Waals surface area contributed by atoms with E-state index in [2.05, 4.69) is 15.0 Å². The highest BCUT2D eigenvalue weighted by Crippen LogP contribution is 2.32. The van der Waals surface area contributed by atoms with Crippen molar-refractivity contribution in [2.75, 3.05) is 26.2 Å². The van der Waals surface area contributed by atoms with Crippen molar-refractivity contribution in [2.24, 2.45) is 0 Å². The fraction of sp³-hybridized carbons (Fsp3) is 0.375. The van der Waals surface area contributed by atoms with Gasteiger partial charge in [0.15, 0.2) is 0 Å². The third kappa shape index (κ3) is 4.66. The maximum absolute atomic E-state index is 12.4. The smallest absolute Gasteiger partial charge is 0.467 e. The van der Waals surface area contributed by atoms with Crippen molar-refractivity contribution < 1.29 is 22.3 Å². The lowest BCUT2D eigenvalue weighted by molar-refractivity contribution is -0.274. The van der Waals surface area contributed by atoms with E-state index < -0.39 is 6.36 Å². The third-order valence-electron chi connectivity index (χ3n) is 3.74. The fourth-order valence-corrected chi connectivity index (χ4v) is 2.82. The Kier molecular flexibility index (Phi) is 6.15. The Morgan fingerprint density at radius 3 is 2.50 bits per heavy atom. The molecular formula is C16H18ClF3N2O2. The van der Waals surface area contributed by atoms with Gasteiger partial charge >= 0.3 is 6.36 Å². The summed E-state index contributed by atoms with van der Waals surface area (Å²) in [5.74, 6) is 0.484. The molecule has 1 aliphatic rings. The first-order valence-electron chi connectivity index (χ1n) is 7.37. The van der Waals surface area contributed by atoms with Crippen molar-refractivity contribution in [1.82, 2.24) is 10.2 Å². The van der Waals surface area contributed by atoms with Crippen LogP contribution in [0.5, 0.6) is 5.75 Å². The van der Waals surface area contributed by atoms with Crippen molar-refractivity contribution in [3.05, 3.63) is 54.0 Å². The van der Waals surface area contributed by atoms with Crippen LogP contribution >= 0.6 is 12.4 Å². The van der Waals surface area contributed by atoms with Gasteiger partial charge in [-0.25, -0.2) is 0 Å². The standard InChI is InChI=1S/C16H17F3N2O2.ClH/c17-16(18,19)23-13-4-1-3-12(11-13)15(14-5-2-10-22-14)21-8-6-20-7-9-21;/h1-5,10-11,15,20H,6-9H2;1H/t15-;/m0./s1. The first-order chi connectivity index (χ1) is 11.0. The van der Waals surface area contributed by atoms with E-state index in [0.29, 0.717) is 11.3 Å². The van der Waals surface area contributed by atoms with Gasteiger partial charge in [-0.1, -0.05) is 12.1 Å². The molecule has 0 spiro atoms. The number of piperazine rings is 1. The van der Waals surface area contributed by atoms with Crippen molar-refractivity contribution in [3.63, 3.8) is 0 Å². The number of hydrogen-bond donors (Lipinski definition) is 1. The largest absolute Gasteiger partial charge is 0.573 e. The maximum Gasteiger partial charge on any atom is 0.573 e. The van der Waals surface area contributed by atoms with E-state index >= 15 is 0 Å². The highest BCUT2D eigenvalue weighted by Gasteiger charge is 2.32. The third-order valence-corrected chi connectivity index (χ3v) is 3.74. The summed E-state index contributed by atoms with van der Waals surface area (Å²) in [5, 5.41) is 3.26. The number of nitrogens with zero attached hydrogens (tertiary/aromatic N) is 1. The van der Waals surface area contributed by atoms with Gasteiger partial charge in [0.25, 0.3) is 0 Å². The van der Waals surface area contributed by atoms with E-state index in [1.807, 2.05) is 6.07 Å². The first kappa shape index (κ1) is 18.6. The molecule has 1 saturated heterocycles. The van der Waals surface area contributed by atoms with E-state index in [9.17, 15) is 13.2 Å². The van der Waals surface area contributed by atoms with E-state index in [0.717, 1.165) is 26.2 Å². The average Bonchev–Trinajstić information content (AvgIpc) is 3.01. The predicted molar refractivity (Wildman–Crippen MR) is 85.4 cm³/mol. The molecule has 3 rings (SSSR count). The summed E-state index contributed by atoms with van der Waals surface area (Å²) < 4.78 is 46.9. The Labute approximate surface area is 144 Å². The Hall–Kier alpha value is -1.70. The number of alkyl halides is 3. The lowest BCUT2D eigenvalue weighted by Crippen LogP contribution is -2.45. The molecule has 1 aliphatic heterocycles. The number of furan rings is 1. The van der Waals surface area contributed by atoms with E-state index in [4.69, 9.17) is 4.42 Å². The summed E-state index contributed by atoms with van der Waals surface area (Å²) in [4.78, 5) is 2.18. The number of benzene rings is 1. The SMILES string of the molecule is Cl.FC(F)(F)Oc1cccc([C@@H](c2ccco2)N2CCNCC2)c1. The zero-order chi connectivity index (χ0) is 16.3. The molecule has 0 amide bonds. The number of nitrogens with one attached hydrogen (secondary N) is 1. The number of ether oxygens (including phenoxy) is 1. The van der Waals surface area contributed by atoms with Crippen LogP contribution in [0, 0.1) is 0 Å². The molecule has 1 fully saturated rings. The molecule has 2 aromatic rings. The summed E-state index contributed by atoms with van der Waals surface area (Å²) in [6.45, 7) is 3.23. The van der Waals surface area contributed by atoms with Gasteiger partial charge in [0, 0.05) is 26.2 Å². The van der Waals surface area contributed by atoms with E-state index in [-0.39, 0.29) is 24.2 Å². The Morgan fingerprint density at radius 2 is 1.88 bits per heavy atom. The number of hydrogen-bond acceptors (Lipinski definition) is 4. The minimum absolute atomic E-state index is 0. The Morgan fingerprint density at radius 1 is 1.12 bits per heavy atom. The van der Waals surface area contributed by atoms with Gasteiger partial charge in [-0.05, 0) is 29.8 Å². The monoisotopic (exact) mass is 362 g/mol. The van der Waals surface area contributed by atoms with Crippen LogP contribution in [-0.2, 0) is 0 Å². The van der Waals surface area contributed by atoms with Crippen LogP contribution in [0.1, 0.15) is 17.4 Å². The van der Waals surface area contributed by atoms with Gasteiger partial charge in [-0.15, -0.1) is 25.6 Å². The summed E-state index contributed by atoms with van der Waals surface area (Å²) in [6, 6.07) is 9.46. The molecular weight excluding hydrogens is 345 g/mol. The quantitative estimate of drug-likeness (QED) is 0.902. The van der Waals surface area contributed by atoms with Crippen LogP contribution in [0.4, 0.5) is 13.2 Å². The minimum Gasteiger partial charge on any atom is -0.467 e. The van der Waals surface area contributed by atoms with Crippen LogP contribution in [-0.4, -0.2) is 37.4 Å². The van der Waals surface area contributed by atoms with Gasteiger partial charge in [0.2, 0.25) is 0 Å². The van der Waals surface area contributed by atoms with Crippen molar-refractivity contribution in [2.45, 2.75) is 12.4 Å². The van der Waals surface area contributed by atoms with Gasteiger partial charge in [-0.2, -0.15) is 0 Å². The van der Waals surface area contributed by atoms with Crippen LogP contribution in [0.3, 0.4) is 0 Å². The predicted octanol–water partition coefficient (Wildman–Crippen LogP) is 3.59. The second-order valence-corrected chi connectivity index (χ2v) is 5.32. The fourth-order valence-electron chi connectivity index (χ4n) is 2.82. The van der Waals surface area contributed by atoms with E-state index in [1.165, 1.54) is 12.1 Å². The number of halogens is 4. The van der Waals surface area contributed by atoms with Gasteiger partial charge in [0.05, 0.1) is 12.3 Å². The second-order valence-electron chi connectivity index (χ2n) is 5.32. The summed E-state index contributed by atoms with van der Waals surface area (Å²) in [7, 11) is 0. The molecule has 1 N–H and O–H groups in total. The summed E-state index contributed by atoms with van der Waals surface area (Å²) in [5.41, 5.74) is 0.712. The first-order valence-corrected chi connectivity index (χ1v) is 7.37. The van der Waals surface area contributed by atoms with Crippen molar-refractivity contribution in [1.29, 1.82) is 0 Å². The van der Waals surface area contributed by atoms with Crippen LogP contribution in [0.15, 0.2) is 47.1 Å². The lowest BCUT2D eigenvalue weighted by atomic mass is 10.0.